The van der Waals surface area contributed by atoms with Crippen LogP contribution in [0.3, 0.4) is 0 Å². The van der Waals surface area contributed by atoms with E-state index in [2.05, 4.69) is 15.6 Å². The molecule has 0 saturated carbocycles. The van der Waals surface area contributed by atoms with Gasteiger partial charge in [0, 0.05) is 18.3 Å². The Morgan fingerprint density at radius 2 is 1.95 bits per heavy atom. The number of rotatable bonds is 3. The highest BCUT2D eigenvalue weighted by Gasteiger charge is 2.05. The van der Waals surface area contributed by atoms with Crippen molar-refractivity contribution in [2.24, 2.45) is 0 Å². The van der Waals surface area contributed by atoms with Gasteiger partial charge in [-0.3, -0.25) is 4.98 Å². The molecule has 0 atom stereocenters. The van der Waals surface area contributed by atoms with E-state index in [4.69, 9.17) is 4.42 Å². The van der Waals surface area contributed by atoms with Crippen LogP contribution in [-0.2, 0) is 6.54 Å². The summed E-state index contributed by atoms with van der Waals surface area (Å²) in [7, 11) is 0. The van der Waals surface area contributed by atoms with Crippen molar-refractivity contribution < 1.29 is 9.21 Å². The summed E-state index contributed by atoms with van der Waals surface area (Å²) in [5, 5.41) is 5.44. The molecule has 0 bridgehead atoms. The number of oxazole rings is 1. The molecule has 0 saturated heterocycles. The minimum atomic E-state index is -0.518. The predicted molar refractivity (Wildman–Crippen MR) is 79.1 cm³/mol. The molecule has 21 heavy (non-hydrogen) atoms. The summed E-state index contributed by atoms with van der Waals surface area (Å²) in [6.45, 7) is 0.439. The van der Waals surface area contributed by atoms with Gasteiger partial charge >= 0.3 is 11.8 Å². The largest absolute Gasteiger partial charge is 0.417 e. The lowest BCUT2D eigenvalue weighted by atomic mass is 10.2. The second-order valence-corrected chi connectivity index (χ2v) is 4.52. The molecule has 106 valence electrons. The third-order valence-electron chi connectivity index (χ3n) is 2.97. The maximum Gasteiger partial charge on any atom is 0.417 e. The average Bonchev–Trinajstić information content (AvgIpc) is 2.85. The van der Waals surface area contributed by atoms with Crippen molar-refractivity contribution >= 4 is 22.8 Å². The molecule has 1 heterocycles. The summed E-state index contributed by atoms with van der Waals surface area (Å²) in [5.74, 6) is -0.518. The Labute approximate surface area is 119 Å². The molecule has 6 heteroatoms. The minimum absolute atomic E-state index is 0.323. The van der Waals surface area contributed by atoms with Crippen molar-refractivity contribution in [2.45, 2.75) is 6.54 Å². The van der Waals surface area contributed by atoms with E-state index in [-0.39, 0.29) is 6.03 Å². The quantitative estimate of drug-likeness (QED) is 0.690. The second-order valence-electron chi connectivity index (χ2n) is 4.52. The van der Waals surface area contributed by atoms with E-state index in [1.807, 2.05) is 30.3 Å². The van der Waals surface area contributed by atoms with Gasteiger partial charge in [-0.05, 0) is 17.7 Å². The number of nitrogens with one attached hydrogen (secondary N) is 3. The molecule has 0 spiro atoms. The number of hydrogen-bond acceptors (Lipinski definition) is 3. The van der Waals surface area contributed by atoms with E-state index in [9.17, 15) is 9.59 Å². The number of urea groups is 1. The number of aromatic nitrogens is 1. The summed E-state index contributed by atoms with van der Waals surface area (Å²) in [5.41, 5.74) is 2.56. The zero-order valence-electron chi connectivity index (χ0n) is 11.1. The number of carbonyl (C=O) groups is 1. The van der Waals surface area contributed by atoms with Gasteiger partial charge in [0.15, 0.2) is 5.58 Å². The van der Waals surface area contributed by atoms with Gasteiger partial charge in [-0.25, -0.2) is 9.59 Å². The molecular formula is C15H13N3O3. The number of anilines is 1. The van der Waals surface area contributed by atoms with Gasteiger partial charge in [-0.15, -0.1) is 0 Å². The molecule has 3 rings (SSSR count). The molecule has 2 amide bonds. The van der Waals surface area contributed by atoms with Crippen LogP contribution < -0.4 is 16.4 Å². The van der Waals surface area contributed by atoms with Crippen LogP contribution in [0.5, 0.6) is 0 Å². The average molecular weight is 283 g/mol. The van der Waals surface area contributed by atoms with Gasteiger partial charge in [0.05, 0.1) is 5.52 Å². The maximum absolute atomic E-state index is 11.8. The van der Waals surface area contributed by atoms with Crippen molar-refractivity contribution in [3.8, 4) is 0 Å². The lowest BCUT2D eigenvalue weighted by molar-refractivity contribution is 0.251. The first-order valence-electron chi connectivity index (χ1n) is 6.42. The molecule has 1 aromatic heterocycles. The number of benzene rings is 2. The molecule has 0 aliphatic rings. The van der Waals surface area contributed by atoms with Crippen molar-refractivity contribution in [3.05, 3.63) is 64.6 Å². The zero-order valence-corrected chi connectivity index (χ0v) is 11.1. The molecule has 3 aromatic rings. The number of fused-ring (bicyclic) bond motifs is 1. The van der Waals surface area contributed by atoms with Crippen LogP contribution in [0.2, 0.25) is 0 Å². The smallest absolute Gasteiger partial charge is 0.408 e. The van der Waals surface area contributed by atoms with Gasteiger partial charge in [-0.1, -0.05) is 30.3 Å². The number of amides is 2. The fourth-order valence-electron chi connectivity index (χ4n) is 1.98. The first-order valence-corrected chi connectivity index (χ1v) is 6.42. The lowest BCUT2D eigenvalue weighted by Crippen LogP contribution is -2.28. The highest BCUT2D eigenvalue weighted by Crippen LogP contribution is 2.16. The molecule has 0 unspecified atom stereocenters. The van der Waals surface area contributed by atoms with Crippen molar-refractivity contribution in [3.63, 3.8) is 0 Å². The van der Waals surface area contributed by atoms with E-state index in [0.29, 0.717) is 23.3 Å². The first-order chi connectivity index (χ1) is 10.2. The molecule has 0 aliphatic heterocycles. The Balaban J connectivity index is 1.64. The van der Waals surface area contributed by atoms with Crippen LogP contribution in [0.1, 0.15) is 5.56 Å². The second kappa shape index (κ2) is 5.54. The summed E-state index contributed by atoms with van der Waals surface area (Å²) in [4.78, 5) is 25.4. The highest BCUT2D eigenvalue weighted by atomic mass is 16.4. The summed E-state index contributed by atoms with van der Waals surface area (Å²) in [6, 6.07) is 14.2. The van der Waals surface area contributed by atoms with Crippen LogP contribution in [-0.4, -0.2) is 11.0 Å². The monoisotopic (exact) mass is 283 g/mol. The number of hydrogen-bond donors (Lipinski definition) is 3. The third kappa shape index (κ3) is 3.11. The van der Waals surface area contributed by atoms with Gasteiger partial charge in [0.25, 0.3) is 0 Å². The third-order valence-corrected chi connectivity index (χ3v) is 2.97. The molecule has 3 N–H and O–H groups in total. The molecule has 0 radical (unpaired) electrons. The van der Waals surface area contributed by atoms with Gasteiger partial charge in [-0.2, -0.15) is 0 Å². The Bertz CT molecular complexity index is 821. The van der Waals surface area contributed by atoms with Crippen LogP contribution in [0, 0.1) is 0 Å². The molecular weight excluding hydrogens is 270 g/mol. The topological polar surface area (TPSA) is 87.1 Å². The predicted octanol–water partition coefficient (Wildman–Crippen LogP) is 2.44. The van der Waals surface area contributed by atoms with Crippen molar-refractivity contribution in [1.29, 1.82) is 0 Å². The van der Waals surface area contributed by atoms with E-state index in [1.54, 1.807) is 18.2 Å². The summed E-state index contributed by atoms with van der Waals surface area (Å²) < 4.78 is 4.94. The Kier molecular flexibility index (Phi) is 3.42. The Hall–Kier alpha value is -3.02. The Morgan fingerprint density at radius 3 is 2.76 bits per heavy atom. The normalized spacial score (nSPS) is 10.5. The molecule has 6 nitrogen and oxygen atoms in total. The van der Waals surface area contributed by atoms with Crippen LogP contribution in [0.4, 0.5) is 10.5 Å². The summed E-state index contributed by atoms with van der Waals surface area (Å²) >= 11 is 0. The number of aromatic amines is 1. The van der Waals surface area contributed by atoms with E-state index >= 15 is 0 Å². The van der Waals surface area contributed by atoms with Gasteiger partial charge in [0.2, 0.25) is 0 Å². The Morgan fingerprint density at radius 1 is 1.14 bits per heavy atom. The zero-order chi connectivity index (χ0) is 14.7. The molecule has 2 aromatic carbocycles. The van der Waals surface area contributed by atoms with Gasteiger partial charge in [0.1, 0.15) is 0 Å². The van der Waals surface area contributed by atoms with Crippen LogP contribution >= 0.6 is 0 Å². The number of H-pyrrole nitrogens is 1. The SMILES string of the molecule is O=C(NCc1ccccc1)Nc1ccc2[nH]c(=O)oc2c1. The number of carbonyl (C=O) groups excluding carboxylic acids is 1. The maximum atomic E-state index is 11.8. The fraction of sp³-hybridized carbons (Fsp3) is 0.0667. The summed E-state index contributed by atoms with van der Waals surface area (Å²) in [6.07, 6.45) is 0. The molecule has 0 fully saturated rings. The van der Waals surface area contributed by atoms with Crippen LogP contribution in [0.15, 0.2) is 57.7 Å². The fourth-order valence-corrected chi connectivity index (χ4v) is 1.98. The standard InChI is InChI=1S/C15H13N3O3/c19-14(16-9-10-4-2-1-3-5-10)17-11-6-7-12-13(8-11)21-15(20)18-12/h1-8H,9H2,(H,18,20)(H2,16,17,19). The highest BCUT2D eigenvalue weighted by molar-refractivity contribution is 5.91. The molecule has 0 aliphatic carbocycles. The minimum Gasteiger partial charge on any atom is -0.408 e. The van der Waals surface area contributed by atoms with Gasteiger partial charge < -0.3 is 15.1 Å². The van der Waals surface area contributed by atoms with Crippen molar-refractivity contribution in [2.75, 3.05) is 5.32 Å². The van der Waals surface area contributed by atoms with Crippen LogP contribution in [0.25, 0.3) is 11.1 Å². The first kappa shape index (κ1) is 13.0. The van der Waals surface area contributed by atoms with E-state index < -0.39 is 5.76 Å². The van der Waals surface area contributed by atoms with Crippen molar-refractivity contribution in [1.82, 2.24) is 10.3 Å². The van der Waals surface area contributed by atoms with E-state index in [1.165, 1.54) is 0 Å². The van der Waals surface area contributed by atoms with E-state index in [0.717, 1.165) is 5.56 Å². The lowest BCUT2D eigenvalue weighted by Gasteiger charge is -2.07.